The van der Waals surface area contributed by atoms with Crippen LogP contribution in [0.25, 0.3) is 10.9 Å². The van der Waals surface area contributed by atoms with E-state index in [0.717, 1.165) is 15.4 Å². The van der Waals surface area contributed by atoms with Crippen LogP contribution in [-0.4, -0.2) is 33.9 Å². The molecule has 19 heavy (non-hydrogen) atoms. The van der Waals surface area contributed by atoms with Crippen LogP contribution in [0.2, 0.25) is 0 Å². The molecule has 0 aliphatic heterocycles. The largest absolute Gasteiger partial charge is 0.464 e. The van der Waals surface area contributed by atoms with Gasteiger partial charge in [0.2, 0.25) is 0 Å². The number of aliphatic hydroxyl groups excluding tert-OH is 2. The van der Waals surface area contributed by atoms with Crippen LogP contribution in [0.15, 0.2) is 28.9 Å². The zero-order valence-electron chi connectivity index (χ0n) is 10.3. The molecule has 0 aliphatic carbocycles. The SMILES string of the molecule is CCOC(=O)C(O)C(O)c1c[nH]c2cc(Br)ccc12. The Morgan fingerprint density at radius 1 is 1.47 bits per heavy atom. The van der Waals surface area contributed by atoms with Gasteiger partial charge in [-0.1, -0.05) is 22.0 Å². The molecule has 5 nitrogen and oxygen atoms in total. The molecule has 2 atom stereocenters. The van der Waals surface area contributed by atoms with E-state index in [0.29, 0.717) is 5.56 Å². The highest BCUT2D eigenvalue weighted by molar-refractivity contribution is 9.10. The average Bonchev–Trinajstić information content (AvgIpc) is 2.80. The van der Waals surface area contributed by atoms with E-state index >= 15 is 0 Å². The van der Waals surface area contributed by atoms with Crippen LogP contribution in [0.5, 0.6) is 0 Å². The molecule has 0 spiro atoms. The van der Waals surface area contributed by atoms with Gasteiger partial charge < -0.3 is 19.9 Å². The monoisotopic (exact) mass is 327 g/mol. The molecule has 0 aliphatic rings. The number of esters is 1. The van der Waals surface area contributed by atoms with Crippen molar-refractivity contribution in [1.82, 2.24) is 4.98 Å². The summed E-state index contributed by atoms with van der Waals surface area (Å²) in [7, 11) is 0. The normalized spacial score (nSPS) is 14.3. The predicted octanol–water partition coefficient (Wildman–Crippen LogP) is 1.89. The van der Waals surface area contributed by atoms with Crippen LogP contribution >= 0.6 is 15.9 Å². The van der Waals surface area contributed by atoms with Crippen LogP contribution in [0.3, 0.4) is 0 Å². The van der Waals surface area contributed by atoms with Crippen molar-refractivity contribution in [2.75, 3.05) is 6.61 Å². The van der Waals surface area contributed by atoms with Gasteiger partial charge in [-0.3, -0.25) is 0 Å². The Morgan fingerprint density at radius 2 is 2.21 bits per heavy atom. The second kappa shape index (κ2) is 5.73. The number of H-pyrrole nitrogens is 1. The lowest BCUT2D eigenvalue weighted by molar-refractivity contribution is -0.159. The molecule has 2 aromatic rings. The number of fused-ring (bicyclic) bond motifs is 1. The number of halogens is 1. The number of rotatable bonds is 4. The average molecular weight is 328 g/mol. The van der Waals surface area contributed by atoms with Gasteiger partial charge in [-0.15, -0.1) is 0 Å². The van der Waals surface area contributed by atoms with E-state index in [1.165, 1.54) is 0 Å². The highest BCUT2D eigenvalue weighted by Crippen LogP contribution is 2.28. The van der Waals surface area contributed by atoms with Crippen molar-refractivity contribution < 1.29 is 19.7 Å². The van der Waals surface area contributed by atoms with Gasteiger partial charge in [0, 0.05) is 27.1 Å². The first-order valence-electron chi connectivity index (χ1n) is 5.84. The maximum atomic E-state index is 11.4. The van der Waals surface area contributed by atoms with E-state index in [1.54, 1.807) is 19.2 Å². The standard InChI is InChI=1S/C13H14BrNO4/c1-2-19-13(18)12(17)11(16)9-6-15-10-5-7(14)3-4-8(9)10/h3-6,11-12,15-17H,2H2,1H3. The third-order valence-electron chi connectivity index (χ3n) is 2.82. The van der Waals surface area contributed by atoms with Gasteiger partial charge >= 0.3 is 5.97 Å². The minimum atomic E-state index is -1.59. The number of nitrogens with one attached hydrogen (secondary N) is 1. The summed E-state index contributed by atoms with van der Waals surface area (Å²) < 4.78 is 5.58. The molecular weight excluding hydrogens is 314 g/mol. The lowest BCUT2D eigenvalue weighted by Gasteiger charge is -2.15. The number of aliphatic hydroxyl groups is 2. The van der Waals surface area contributed by atoms with E-state index in [9.17, 15) is 15.0 Å². The van der Waals surface area contributed by atoms with Crippen LogP contribution < -0.4 is 0 Å². The second-order valence-electron chi connectivity index (χ2n) is 4.08. The number of aromatic nitrogens is 1. The van der Waals surface area contributed by atoms with E-state index in [1.807, 2.05) is 12.1 Å². The van der Waals surface area contributed by atoms with Crippen molar-refractivity contribution in [2.45, 2.75) is 19.1 Å². The molecule has 3 N–H and O–H groups in total. The summed E-state index contributed by atoms with van der Waals surface area (Å²) >= 11 is 3.35. The lowest BCUT2D eigenvalue weighted by atomic mass is 10.0. The Hall–Kier alpha value is -1.37. The first kappa shape index (κ1) is 14.0. The molecule has 102 valence electrons. The quantitative estimate of drug-likeness (QED) is 0.749. The number of carbonyl (C=O) groups excluding carboxylic acids is 1. The smallest absolute Gasteiger partial charge is 0.338 e. The Kier molecular flexibility index (Phi) is 4.24. The fourth-order valence-electron chi connectivity index (χ4n) is 1.89. The number of ether oxygens (including phenoxy) is 1. The van der Waals surface area contributed by atoms with Gasteiger partial charge in [-0.2, -0.15) is 0 Å². The Bertz CT molecular complexity index is 595. The maximum Gasteiger partial charge on any atom is 0.338 e. The van der Waals surface area contributed by atoms with Crippen molar-refractivity contribution in [3.8, 4) is 0 Å². The minimum absolute atomic E-state index is 0.156. The summed E-state index contributed by atoms with van der Waals surface area (Å²) in [5.41, 5.74) is 1.27. The highest BCUT2D eigenvalue weighted by Gasteiger charge is 2.28. The third kappa shape index (κ3) is 2.80. The molecule has 6 heteroatoms. The second-order valence-corrected chi connectivity index (χ2v) is 4.99. The molecule has 0 saturated carbocycles. The minimum Gasteiger partial charge on any atom is -0.464 e. The molecule has 1 aromatic heterocycles. The molecule has 0 radical (unpaired) electrons. The maximum absolute atomic E-state index is 11.4. The van der Waals surface area contributed by atoms with Crippen LogP contribution in [0.4, 0.5) is 0 Å². The summed E-state index contributed by atoms with van der Waals surface area (Å²) in [6.07, 6.45) is -1.35. The van der Waals surface area contributed by atoms with E-state index in [4.69, 9.17) is 0 Å². The Morgan fingerprint density at radius 3 is 2.89 bits per heavy atom. The van der Waals surface area contributed by atoms with Crippen molar-refractivity contribution >= 4 is 32.8 Å². The molecular formula is C13H14BrNO4. The molecule has 2 unspecified atom stereocenters. The highest BCUT2D eigenvalue weighted by atomic mass is 79.9. The zero-order chi connectivity index (χ0) is 14.0. The number of hydrogen-bond donors (Lipinski definition) is 3. The van der Waals surface area contributed by atoms with E-state index < -0.39 is 18.2 Å². The van der Waals surface area contributed by atoms with Gasteiger partial charge in [-0.25, -0.2) is 4.79 Å². The number of benzene rings is 1. The Labute approximate surface area is 118 Å². The third-order valence-corrected chi connectivity index (χ3v) is 3.31. The molecule has 1 heterocycles. The molecule has 0 amide bonds. The molecule has 1 aromatic carbocycles. The summed E-state index contributed by atoms with van der Waals surface area (Å²) in [5, 5.41) is 20.6. The molecule has 2 rings (SSSR count). The van der Waals surface area contributed by atoms with Gasteiger partial charge in [0.05, 0.1) is 6.61 Å². The zero-order valence-corrected chi connectivity index (χ0v) is 11.8. The summed E-state index contributed by atoms with van der Waals surface area (Å²) in [6.45, 7) is 1.80. The molecule has 0 bridgehead atoms. The van der Waals surface area contributed by atoms with Gasteiger partial charge in [0.15, 0.2) is 6.10 Å². The summed E-state index contributed by atoms with van der Waals surface area (Å²) in [5.74, 6) is -0.832. The van der Waals surface area contributed by atoms with Crippen molar-refractivity contribution in [1.29, 1.82) is 0 Å². The summed E-state index contributed by atoms with van der Waals surface area (Å²) in [4.78, 5) is 14.4. The fraction of sp³-hybridized carbons (Fsp3) is 0.308. The number of aromatic amines is 1. The van der Waals surface area contributed by atoms with Gasteiger partial charge in [-0.05, 0) is 19.1 Å². The van der Waals surface area contributed by atoms with E-state index in [2.05, 4.69) is 25.7 Å². The number of carbonyl (C=O) groups is 1. The first-order valence-corrected chi connectivity index (χ1v) is 6.63. The van der Waals surface area contributed by atoms with E-state index in [-0.39, 0.29) is 6.61 Å². The van der Waals surface area contributed by atoms with Crippen LogP contribution in [-0.2, 0) is 9.53 Å². The topological polar surface area (TPSA) is 82.6 Å². The van der Waals surface area contributed by atoms with Gasteiger partial charge in [0.25, 0.3) is 0 Å². The van der Waals surface area contributed by atoms with Crippen molar-refractivity contribution in [2.24, 2.45) is 0 Å². The Balaban J connectivity index is 2.31. The molecule has 0 fully saturated rings. The number of hydrogen-bond acceptors (Lipinski definition) is 4. The van der Waals surface area contributed by atoms with Crippen LogP contribution in [0.1, 0.15) is 18.6 Å². The predicted molar refractivity (Wildman–Crippen MR) is 73.6 cm³/mol. The van der Waals surface area contributed by atoms with Crippen molar-refractivity contribution in [3.63, 3.8) is 0 Å². The first-order chi connectivity index (χ1) is 9.04. The fourth-order valence-corrected chi connectivity index (χ4v) is 2.25. The lowest BCUT2D eigenvalue weighted by Crippen LogP contribution is -2.29. The van der Waals surface area contributed by atoms with Crippen LogP contribution in [0, 0.1) is 0 Å². The van der Waals surface area contributed by atoms with Crippen molar-refractivity contribution in [3.05, 3.63) is 34.4 Å². The van der Waals surface area contributed by atoms with Gasteiger partial charge in [0.1, 0.15) is 6.10 Å². The molecule has 0 saturated heterocycles. The summed E-state index contributed by atoms with van der Waals surface area (Å²) in [6, 6.07) is 5.47.